The lowest BCUT2D eigenvalue weighted by Crippen LogP contribution is -2.48. The van der Waals surface area contributed by atoms with Crippen LogP contribution < -0.4 is 14.8 Å². The fourth-order valence-electron chi connectivity index (χ4n) is 5.49. The number of hydrogen-bond acceptors (Lipinski definition) is 6. The van der Waals surface area contributed by atoms with E-state index in [-0.39, 0.29) is 24.8 Å². The quantitative estimate of drug-likeness (QED) is 0.508. The largest absolute Gasteiger partial charge is 0.454 e. The minimum atomic E-state index is -0.247. The van der Waals surface area contributed by atoms with E-state index >= 15 is 0 Å². The monoisotopic (exact) mass is 512 g/mol. The van der Waals surface area contributed by atoms with Crippen LogP contribution in [0.4, 0.5) is 5.69 Å². The molecule has 2 amide bonds. The average Bonchev–Trinajstić information content (AvgIpc) is 3.52. The number of hydrogen-bond donors (Lipinski definition) is 1. The Balaban J connectivity index is 1.10. The number of anilines is 1. The summed E-state index contributed by atoms with van der Waals surface area (Å²) in [4.78, 5) is 32.5. The lowest BCUT2D eigenvalue weighted by atomic mass is 10.1. The van der Waals surface area contributed by atoms with Gasteiger partial charge in [-0.2, -0.15) is 0 Å². The van der Waals surface area contributed by atoms with Gasteiger partial charge in [0.05, 0.1) is 0 Å². The number of nitrogens with one attached hydrogen (secondary N) is 1. The predicted molar refractivity (Wildman–Crippen MR) is 144 cm³/mol. The molecule has 0 saturated carbocycles. The first-order chi connectivity index (χ1) is 18.6. The molecule has 38 heavy (non-hydrogen) atoms. The van der Waals surface area contributed by atoms with Gasteiger partial charge in [-0.05, 0) is 48.4 Å². The SMILES string of the molecule is CCCN1C(=O)c2ccccc2C1Nc1cccc(C(=O)N2CCN(Cc3ccc4c(c3)OCO4)CC2)c1. The number of fused-ring (bicyclic) bond motifs is 2. The molecule has 3 aliphatic rings. The molecule has 1 unspecified atom stereocenters. The third kappa shape index (κ3) is 4.67. The highest BCUT2D eigenvalue weighted by atomic mass is 16.7. The molecule has 3 aromatic rings. The van der Waals surface area contributed by atoms with E-state index in [9.17, 15) is 9.59 Å². The average molecular weight is 513 g/mol. The lowest BCUT2D eigenvalue weighted by molar-refractivity contribution is 0.0628. The van der Waals surface area contributed by atoms with Crippen molar-refractivity contribution in [3.8, 4) is 11.5 Å². The van der Waals surface area contributed by atoms with Crippen LogP contribution in [0.3, 0.4) is 0 Å². The first-order valence-electron chi connectivity index (χ1n) is 13.3. The molecule has 1 N–H and O–H groups in total. The van der Waals surface area contributed by atoms with Crippen molar-refractivity contribution in [3.05, 3.63) is 89.0 Å². The minimum absolute atomic E-state index is 0.0321. The van der Waals surface area contributed by atoms with Gasteiger partial charge in [0.2, 0.25) is 6.79 Å². The second-order valence-electron chi connectivity index (χ2n) is 9.97. The van der Waals surface area contributed by atoms with Gasteiger partial charge in [0.1, 0.15) is 6.17 Å². The second kappa shape index (κ2) is 10.4. The van der Waals surface area contributed by atoms with Crippen molar-refractivity contribution in [1.29, 1.82) is 0 Å². The molecule has 8 heteroatoms. The van der Waals surface area contributed by atoms with E-state index in [4.69, 9.17) is 9.47 Å². The maximum absolute atomic E-state index is 13.4. The predicted octanol–water partition coefficient (Wildman–Crippen LogP) is 4.35. The standard InChI is InChI=1S/C30H32N4O4/c1-2-12-34-28(24-8-3-4-9-25(24)30(34)36)31-23-7-5-6-22(18-23)29(35)33-15-13-32(14-16-33)19-21-10-11-26-27(17-21)38-20-37-26/h3-11,17-18,28,31H,2,12-16,19-20H2,1H3. The number of piperazine rings is 1. The van der Waals surface area contributed by atoms with Crippen molar-refractivity contribution in [2.24, 2.45) is 0 Å². The molecule has 3 aliphatic heterocycles. The summed E-state index contributed by atoms with van der Waals surface area (Å²) in [6, 6.07) is 21.4. The Morgan fingerprint density at radius 1 is 0.947 bits per heavy atom. The zero-order valence-electron chi connectivity index (χ0n) is 21.6. The molecule has 8 nitrogen and oxygen atoms in total. The van der Waals surface area contributed by atoms with E-state index in [1.165, 1.54) is 5.56 Å². The van der Waals surface area contributed by atoms with Crippen molar-refractivity contribution < 1.29 is 19.1 Å². The number of carbonyl (C=O) groups is 2. The summed E-state index contributed by atoms with van der Waals surface area (Å²) in [6.07, 6.45) is 0.626. The molecule has 0 radical (unpaired) electrons. The normalized spacial score (nSPS) is 18.6. The molecular weight excluding hydrogens is 480 g/mol. The Morgan fingerprint density at radius 3 is 2.61 bits per heavy atom. The zero-order chi connectivity index (χ0) is 26.1. The summed E-state index contributed by atoms with van der Waals surface area (Å²) in [5.74, 6) is 1.67. The van der Waals surface area contributed by atoms with Crippen LogP contribution in [0.25, 0.3) is 0 Å². The topological polar surface area (TPSA) is 74.4 Å². The molecule has 3 heterocycles. The third-order valence-electron chi connectivity index (χ3n) is 7.44. The molecular formula is C30H32N4O4. The first-order valence-corrected chi connectivity index (χ1v) is 13.3. The maximum atomic E-state index is 13.4. The van der Waals surface area contributed by atoms with Crippen molar-refractivity contribution >= 4 is 17.5 Å². The van der Waals surface area contributed by atoms with Crippen molar-refractivity contribution in [2.75, 3.05) is 44.8 Å². The van der Waals surface area contributed by atoms with Crippen molar-refractivity contribution in [3.63, 3.8) is 0 Å². The van der Waals surface area contributed by atoms with E-state index < -0.39 is 0 Å². The van der Waals surface area contributed by atoms with Crippen LogP contribution in [0.15, 0.2) is 66.7 Å². The molecule has 0 aliphatic carbocycles. The van der Waals surface area contributed by atoms with Crippen LogP contribution in [-0.2, 0) is 6.54 Å². The van der Waals surface area contributed by atoms with Gasteiger partial charge in [-0.25, -0.2) is 0 Å². The first kappa shape index (κ1) is 24.3. The summed E-state index contributed by atoms with van der Waals surface area (Å²) >= 11 is 0. The van der Waals surface area contributed by atoms with E-state index in [0.29, 0.717) is 25.2 Å². The van der Waals surface area contributed by atoms with Gasteiger partial charge >= 0.3 is 0 Å². The lowest BCUT2D eigenvalue weighted by Gasteiger charge is -2.35. The van der Waals surface area contributed by atoms with Gasteiger partial charge in [-0.1, -0.05) is 37.3 Å². The minimum Gasteiger partial charge on any atom is -0.454 e. The molecule has 6 rings (SSSR count). The number of benzene rings is 3. The molecule has 1 saturated heterocycles. The van der Waals surface area contributed by atoms with Crippen molar-refractivity contribution in [2.45, 2.75) is 26.1 Å². The summed E-state index contributed by atoms with van der Waals surface area (Å²) in [5.41, 5.74) is 4.37. The van der Waals surface area contributed by atoms with Crippen LogP contribution in [-0.4, -0.2) is 66.0 Å². The van der Waals surface area contributed by atoms with Gasteiger partial charge in [-0.3, -0.25) is 14.5 Å². The molecule has 0 bridgehead atoms. The Morgan fingerprint density at radius 2 is 1.76 bits per heavy atom. The van der Waals surface area contributed by atoms with E-state index in [2.05, 4.69) is 23.2 Å². The molecule has 3 aromatic carbocycles. The highest BCUT2D eigenvalue weighted by molar-refractivity contribution is 5.99. The van der Waals surface area contributed by atoms with Gasteiger partial charge < -0.3 is 24.6 Å². The van der Waals surface area contributed by atoms with Gasteiger partial charge in [0.15, 0.2) is 11.5 Å². The zero-order valence-corrected chi connectivity index (χ0v) is 21.6. The molecule has 0 aromatic heterocycles. The Hall–Kier alpha value is -4.04. The Bertz CT molecular complexity index is 1350. The highest BCUT2D eigenvalue weighted by Gasteiger charge is 2.36. The maximum Gasteiger partial charge on any atom is 0.256 e. The molecule has 1 atom stereocenters. The number of rotatable bonds is 7. The number of ether oxygens (including phenoxy) is 2. The van der Waals surface area contributed by atoms with Crippen LogP contribution in [0.5, 0.6) is 11.5 Å². The summed E-state index contributed by atoms with van der Waals surface area (Å²) < 4.78 is 10.9. The van der Waals surface area contributed by atoms with Gasteiger partial charge in [-0.15, -0.1) is 0 Å². The van der Waals surface area contributed by atoms with Crippen LogP contribution in [0.2, 0.25) is 0 Å². The summed E-state index contributed by atoms with van der Waals surface area (Å²) in [5, 5.41) is 3.52. The summed E-state index contributed by atoms with van der Waals surface area (Å²) in [6.45, 7) is 6.80. The molecule has 196 valence electrons. The highest BCUT2D eigenvalue weighted by Crippen LogP contribution is 2.35. The number of nitrogens with zero attached hydrogens (tertiary/aromatic N) is 3. The van der Waals surface area contributed by atoms with Crippen LogP contribution >= 0.6 is 0 Å². The summed E-state index contributed by atoms with van der Waals surface area (Å²) in [7, 11) is 0. The van der Waals surface area contributed by atoms with Gasteiger partial charge in [0, 0.05) is 61.6 Å². The van der Waals surface area contributed by atoms with Gasteiger partial charge in [0.25, 0.3) is 11.8 Å². The second-order valence-corrected chi connectivity index (χ2v) is 9.97. The van der Waals surface area contributed by atoms with E-state index in [1.807, 2.05) is 70.5 Å². The molecule has 0 spiro atoms. The fourth-order valence-corrected chi connectivity index (χ4v) is 5.49. The Kier molecular flexibility index (Phi) is 6.64. The Labute approximate surface area is 222 Å². The van der Waals surface area contributed by atoms with Crippen LogP contribution in [0.1, 0.15) is 51.4 Å². The van der Waals surface area contributed by atoms with E-state index in [0.717, 1.165) is 54.4 Å². The number of amides is 2. The third-order valence-corrected chi connectivity index (χ3v) is 7.44. The smallest absolute Gasteiger partial charge is 0.256 e. The molecule has 1 fully saturated rings. The van der Waals surface area contributed by atoms with E-state index in [1.54, 1.807) is 0 Å². The number of carbonyl (C=O) groups excluding carboxylic acids is 2. The van der Waals surface area contributed by atoms with Crippen LogP contribution in [0, 0.1) is 0 Å². The van der Waals surface area contributed by atoms with Crippen molar-refractivity contribution in [1.82, 2.24) is 14.7 Å². The fraction of sp³-hybridized carbons (Fsp3) is 0.333.